The van der Waals surface area contributed by atoms with Crippen LogP contribution in [0.1, 0.15) is 22.5 Å². The summed E-state index contributed by atoms with van der Waals surface area (Å²) in [5, 5.41) is 0.120. The van der Waals surface area contributed by atoms with Crippen LogP contribution in [-0.4, -0.2) is 45.2 Å². The minimum absolute atomic E-state index is 0.0155. The molecule has 0 aliphatic carbocycles. The third-order valence-corrected chi connectivity index (χ3v) is 9.49. The van der Waals surface area contributed by atoms with E-state index in [9.17, 15) is 21.6 Å². The normalized spacial score (nSPS) is 17.7. The third kappa shape index (κ3) is 5.34. The van der Waals surface area contributed by atoms with Gasteiger partial charge in [-0.15, -0.1) is 0 Å². The van der Waals surface area contributed by atoms with Crippen LogP contribution in [0.2, 0.25) is 5.02 Å². The van der Waals surface area contributed by atoms with E-state index in [0.717, 1.165) is 10.0 Å². The number of rotatable bonds is 6. The molecule has 1 aromatic heterocycles. The first-order valence-electron chi connectivity index (χ1n) is 9.91. The number of hydrogen-bond donors (Lipinski definition) is 0. The van der Waals surface area contributed by atoms with E-state index in [1.165, 1.54) is 29.2 Å². The van der Waals surface area contributed by atoms with Crippen LogP contribution in [0.25, 0.3) is 0 Å². The number of benzene rings is 2. The van der Waals surface area contributed by atoms with Gasteiger partial charge in [0.25, 0.3) is 5.91 Å². The molecule has 1 fully saturated rings. The molecule has 2 heterocycles. The number of halogens is 2. The Morgan fingerprint density at radius 1 is 1.12 bits per heavy atom. The maximum Gasteiger partial charge on any atom is 0.290 e. The molecule has 33 heavy (non-hydrogen) atoms. The summed E-state index contributed by atoms with van der Waals surface area (Å²) in [6, 6.07) is 14.9. The summed E-state index contributed by atoms with van der Waals surface area (Å²) < 4.78 is 56.1. The monoisotopic (exact) mass is 571 g/mol. The Bertz CT molecular complexity index is 1400. The summed E-state index contributed by atoms with van der Waals surface area (Å²) in [6.07, 6.45) is 0.291. The van der Waals surface area contributed by atoms with Gasteiger partial charge in [0.1, 0.15) is 0 Å². The second-order valence-corrected chi connectivity index (χ2v) is 13.2. The van der Waals surface area contributed by atoms with Gasteiger partial charge in [-0.05, 0) is 60.5 Å². The number of carbonyl (C=O) groups excluding carboxylic acids is 1. The summed E-state index contributed by atoms with van der Waals surface area (Å²) >= 11 is 9.32. The van der Waals surface area contributed by atoms with Crippen molar-refractivity contribution in [2.75, 3.05) is 11.5 Å². The number of sulfone groups is 2. The Kier molecular flexibility index (Phi) is 6.73. The van der Waals surface area contributed by atoms with Gasteiger partial charge in [0.2, 0.25) is 14.9 Å². The van der Waals surface area contributed by atoms with Crippen LogP contribution >= 0.6 is 27.5 Å². The van der Waals surface area contributed by atoms with Crippen LogP contribution < -0.4 is 0 Å². The molecular formula is C22H19BrClNO6S2. The molecule has 1 aliphatic heterocycles. The largest absolute Gasteiger partial charge is 0.439 e. The second-order valence-electron chi connectivity index (χ2n) is 7.70. The van der Waals surface area contributed by atoms with Gasteiger partial charge in [0, 0.05) is 22.1 Å². The van der Waals surface area contributed by atoms with E-state index in [1.54, 1.807) is 36.4 Å². The second kappa shape index (κ2) is 9.25. The van der Waals surface area contributed by atoms with Crippen molar-refractivity contribution in [3.8, 4) is 0 Å². The molecule has 0 unspecified atom stereocenters. The zero-order valence-electron chi connectivity index (χ0n) is 17.1. The lowest BCUT2D eigenvalue weighted by Crippen LogP contribution is -2.40. The van der Waals surface area contributed by atoms with Gasteiger partial charge in [-0.2, -0.15) is 0 Å². The lowest BCUT2D eigenvalue weighted by atomic mass is 10.1. The average molecular weight is 573 g/mol. The highest BCUT2D eigenvalue weighted by Crippen LogP contribution is 2.27. The maximum absolute atomic E-state index is 13.4. The van der Waals surface area contributed by atoms with Crippen molar-refractivity contribution in [2.24, 2.45) is 0 Å². The van der Waals surface area contributed by atoms with E-state index in [1.807, 2.05) is 0 Å². The number of nitrogens with zero attached hydrogens (tertiary/aromatic N) is 1. The Labute approximate surface area is 205 Å². The SMILES string of the molecule is O=C(c1ccc(S(=O)(=O)c2ccc(Br)cc2)o1)N(Cc1cccc(Cl)c1)[C@@H]1CCS(=O)(=O)C1. The maximum atomic E-state index is 13.4. The molecule has 1 saturated heterocycles. The molecule has 4 rings (SSSR count). The van der Waals surface area contributed by atoms with Crippen molar-refractivity contribution in [2.45, 2.75) is 29.0 Å². The van der Waals surface area contributed by atoms with Gasteiger partial charge in [0.05, 0.1) is 16.4 Å². The smallest absolute Gasteiger partial charge is 0.290 e. The lowest BCUT2D eigenvalue weighted by molar-refractivity contribution is 0.0642. The van der Waals surface area contributed by atoms with E-state index in [-0.39, 0.29) is 33.8 Å². The van der Waals surface area contributed by atoms with Crippen LogP contribution in [0.3, 0.4) is 0 Å². The summed E-state index contributed by atoms with van der Waals surface area (Å²) in [7, 11) is -7.23. The fourth-order valence-electron chi connectivity index (χ4n) is 3.67. The van der Waals surface area contributed by atoms with E-state index < -0.39 is 31.6 Å². The predicted octanol–water partition coefficient (Wildman–Crippen LogP) is 4.36. The molecular weight excluding hydrogens is 554 g/mol. The predicted molar refractivity (Wildman–Crippen MR) is 127 cm³/mol. The summed E-state index contributed by atoms with van der Waals surface area (Å²) in [5.41, 5.74) is 0.717. The van der Waals surface area contributed by atoms with Crippen molar-refractivity contribution >= 4 is 53.1 Å². The van der Waals surface area contributed by atoms with Crippen LogP contribution in [0.5, 0.6) is 0 Å². The van der Waals surface area contributed by atoms with Gasteiger partial charge >= 0.3 is 0 Å². The molecule has 3 aromatic rings. The Hall–Kier alpha value is -2.14. The standard InChI is InChI=1S/C22H19BrClNO6S2/c23-16-4-6-19(7-5-16)33(29,30)21-9-8-20(31-21)22(26)25(18-10-11-32(27,28)14-18)13-15-2-1-3-17(24)12-15/h1-9,12,18H,10-11,13-14H2/t18-/m1/s1. The highest BCUT2D eigenvalue weighted by atomic mass is 79.9. The van der Waals surface area contributed by atoms with E-state index >= 15 is 0 Å². The molecule has 7 nitrogen and oxygen atoms in total. The minimum atomic E-state index is -3.97. The zero-order chi connectivity index (χ0) is 23.8. The number of carbonyl (C=O) groups is 1. The fourth-order valence-corrected chi connectivity index (χ4v) is 7.05. The highest BCUT2D eigenvalue weighted by Gasteiger charge is 2.36. The first-order valence-corrected chi connectivity index (χ1v) is 14.4. The van der Waals surface area contributed by atoms with E-state index in [2.05, 4.69) is 15.9 Å². The molecule has 0 radical (unpaired) electrons. The Balaban J connectivity index is 1.65. The first kappa shape index (κ1) is 24.0. The molecule has 0 bridgehead atoms. The molecule has 1 atom stereocenters. The van der Waals surface area contributed by atoms with Crippen molar-refractivity contribution in [1.82, 2.24) is 4.90 Å². The van der Waals surface area contributed by atoms with Gasteiger partial charge in [-0.25, -0.2) is 16.8 Å². The highest BCUT2D eigenvalue weighted by molar-refractivity contribution is 9.10. The molecule has 11 heteroatoms. The summed E-state index contributed by atoms with van der Waals surface area (Å²) in [6.45, 7) is 0.106. The number of furan rings is 1. The van der Waals surface area contributed by atoms with Crippen LogP contribution in [0.4, 0.5) is 0 Å². The van der Waals surface area contributed by atoms with E-state index in [0.29, 0.717) is 11.4 Å². The van der Waals surface area contributed by atoms with Crippen LogP contribution in [0, 0.1) is 0 Å². The molecule has 0 spiro atoms. The van der Waals surface area contributed by atoms with Crippen molar-refractivity contribution in [3.63, 3.8) is 0 Å². The molecule has 174 valence electrons. The topological polar surface area (TPSA) is 102 Å². The van der Waals surface area contributed by atoms with Crippen molar-refractivity contribution in [1.29, 1.82) is 0 Å². The van der Waals surface area contributed by atoms with Crippen molar-refractivity contribution < 1.29 is 26.0 Å². The summed E-state index contributed by atoms with van der Waals surface area (Å²) in [4.78, 5) is 14.8. The van der Waals surface area contributed by atoms with Crippen molar-refractivity contribution in [3.05, 3.63) is 81.5 Å². The Morgan fingerprint density at radius 3 is 2.48 bits per heavy atom. The van der Waals surface area contributed by atoms with Gasteiger partial charge in [-0.3, -0.25) is 4.79 Å². The van der Waals surface area contributed by atoms with Gasteiger partial charge in [-0.1, -0.05) is 39.7 Å². The van der Waals surface area contributed by atoms with E-state index in [4.69, 9.17) is 16.0 Å². The summed E-state index contributed by atoms with van der Waals surface area (Å²) in [5.74, 6) is -0.950. The quantitative estimate of drug-likeness (QED) is 0.435. The molecule has 0 saturated carbocycles. The van der Waals surface area contributed by atoms with Crippen LogP contribution in [-0.2, 0) is 26.2 Å². The lowest BCUT2D eigenvalue weighted by Gasteiger charge is -2.27. The fraction of sp³-hybridized carbons (Fsp3) is 0.227. The van der Waals surface area contributed by atoms with Gasteiger partial charge in [0.15, 0.2) is 15.6 Å². The minimum Gasteiger partial charge on any atom is -0.439 e. The molecule has 1 aliphatic rings. The number of hydrogen-bond acceptors (Lipinski definition) is 6. The molecule has 0 N–H and O–H groups in total. The average Bonchev–Trinajstić information content (AvgIpc) is 3.39. The molecule has 2 aromatic carbocycles. The zero-order valence-corrected chi connectivity index (χ0v) is 21.1. The third-order valence-electron chi connectivity index (χ3n) is 5.33. The first-order chi connectivity index (χ1) is 15.5. The number of amides is 1. The Morgan fingerprint density at radius 2 is 1.85 bits per heavy atom. The van der Waals surface area contributed by atoms with Crippen LogP contribution in [0.15, 0.2) is 79.5 Å². The molecule has 1 amide bonds. The van der Waals surface area contributed by atoms with Gasteiger partial charge < -0.3 is 9.32 Å².